The lowest BCUT2D eigenvalue weighted by Crippen LogP contribution is -2.31. The fourth-order valence-corrected chi connectivity index (χ4v) is 3.90. The quantitative estimate of drug-likeness (QED) is 0.432. The highest BCUT2D eigenvalue weighted by Crippen LogP contribution is 2.29. The third-order valence-electron chi connectivity index (χ3n) is 5.11. The summed E-state index contributed by atoms with van der Waals surface area (Å²) in [4.78, 5) is 19.3. The van der Waals surface area contributed by atoms with Gasteiger partial charge in [-0.1, -0.05) is 24.3 Å². The SMILES string of the molecule is COc1ccc(CN(C(=O)/C=C/c2cccc(OCc3csc(C)n3)c2)C2CC2)cc1. The number of nitrogens with zero attached hydrogens (tertiary/aromatic N) is 2. The molecular formula is C25H26N2O3S. The monoisotopic (exact) mass is 434 g/mol. The molecule has 1 amide bonds. The predicted molar refractivity (Wildman–Crippen MR) is 123 cm³/mol. The maximum Gasteiger partial charge on any atom is 0.247 e. The van der Waals surface area contributed by atoms with Gasteiger partial charge in [-0.2, -0.15) is 0 Å². The number of carbonyl (C=O) groups is 1. The van der Waals surface area contributed by atoms with E-state index in [0.717, 1.165) is 46.2 Å². The van der Waals surface area contributed by atoms with Crippen LogP contribution in [-0.2, 0) is 17.9 Å². The van der Waals surface area contributed by atoms with Gasteiger partial charge in [-0.15, -0.1) is 11.3 Å². The van der Waals surface area contributed by atoms with Gasteiger partial charge in [-0.3, -0.25) is 4.79 Å². The minimum Gasteiger partial charge on any atom is -0.497 e. The van der Waals surface area contributed by atoms with Crippen LogP contribution < -0.4 is 9.47 Å². The van der Waals surface area contributed by atoms with Gasteiger partial charge in [-0.05, 0) is 61.2 Å². The van der Waals surface area contributed by atoms with Gasteiger partial charge in [0.15, 0.2) is 0 Å². The topological polar surface area (TPSA) is 51.7 Å². The molecule has 0 atom stereocenters. The predicted octanol–water partition coefficient (Wildman–Crippen LogP) is 5.24. The summed E-state index contributed by atoms with van der Waals surface area (Å²) in [6.45, 7) is 3.03. The van der Waals surface area contributed by atoms with Crippen LogP contribution in [0, 0.1) is 6.92 Å². The maximum absolute atomic E-state index is 12.9. The Morgan fingerprint density at radius 2 is 2.00 bits per heavy atom. The van der Waals surface area contributed by atoms with Crippen LogP contribution >= 0.6 is 11.3 Å². The number of methoxy groups -OCH3 is 1. The molecule has 160 valence electrons. The molecule has 3 aromatic rings. The average Bonchev–Trinajstić information content (AvgIpc) is 3.55. The van der Waals surface area contributed by atoms with Crippen LogP contribution in [0.5, 0.6) is 11.5 Å². The van der Waals surface area contributed by atoms with Crippen molar-refractivity contribution < 1.29 is 14.3 Å². The molecule has 2 aromatic carbocycles. The summed E-state index contributed by atoms with van der Waals surface area (Å²) in [5.74, 6) is 1.61. The number of hydrogen-bond donors (Lipinski definition) is 0. The van der Waals surface area contributed by atoms with Crippen LogP contribution in [0.25, 0.3) is 6.08 Å². The molecule has 1 aromatic heterocycles. The second kappa shape index (κ2) is 9.79. The molecule has 6 heteroatoms. The number of carbonyl (C=O) groups excluding carboxylic acids is 1. The Bertz CT molecular complexity index is 1050. The molecule has 0 aliphatic heterocycles. The number of rotatable bonds is 9. The van der Waals surface area contributed by atoms with Crippen LogP contribution in [0.15, 0.2) is 60.0 Å². The summed E-state index contributed by atoms with van der Waals surface area (Å²) in [5.41, 5.74) is 2.96. The third kappa shape index (κ3) is 5.95. The van der Waals surface area contributed by atoms with Crippen molar-refractivity contribution in [2.24, 2.45) is 0 Å². The number of aromatic nitrogens is 1. The summed E-state index contributed by atoms with van der Waals surface area (Å²) in [5, 5.41) is 3.04. The van der Waals surface area contributed by atoms with Crippen LogP contribution in [-0.4, -0.2) is 28.9 Å². The van der Waals surface area contributed by atoms with E-state index in [1.54, 1.807) is 24.5 Å². The summed E-state index contributed by atoms with van der Waals surface area (Å²) < 4.78 is 11.1. The van der Waals surface area contributed by atoms with Crippen LogP contribution in [0.3, 0.4) is 0 Å². The van der Waals surface area contributed by atoms with E-state index in [-0.39, 0.29) is 5.91 Å². The number of benzene rings is 2. The highest BCUT2D eigenvalue weighted by molar-refractivity contribution is 7.09. The van der Waals surface area contributed by atoms with E-state index in [1.165, 1.54) is 0 Å². The molecule has 1 saturated carbocycles. The van der Waals surface area contributed by atoms with Gasteiger partial charge in [0.05, 0.1) is 17.8 Å². The summed E-state index contributed by atoms with van der Waals surface area (Å²) in [6, 6.07) is 16.0. The lowest BCUT2D eigenvalue weighted by molar-refractivity contribution is -0.127. The smallest absolute Gasteiger partial charge is 0.247 e. The second-order valence-corrected chi connectivity index (χ2v) is 8.66. The van der Waals surface area contributed by atoms with Crippen molar-refractivity contribution in [2.45, 2.75) is 39.0 Å². The van der Waals surface area contributed by atoms with Crippen LogP contribution in [0.1, 0.15) is 34.7 Å². The lowest BCUT2D eigenvalue weighted by Gasteiger charge is -2.21. The van der Waals surface area contributed by atoms with Crippen molar-refractivity contribution in [1.82, 2.24) is 9.88 Å². The van der Waals surface area contributed by atoms with Crippen molar-refractivity contribution in [3.05, 3.63) is 81.8 Å². The van der Waals surface area contributed by atoms with Crippen molar-refractivity contribution >= 4 is 23.3 Å². The first-order valence-electron chi connectivity index (χ1n) is 10.4. The van der Waals surface area contributed by atoms with Crippen molar-refractivity contribution in [2.75, 3.05) is 7.11 Å². The fraction of sp³-hybridized carbons (Fsp3) is 0.280. The number of thiazole rings is 1. The molecule has 0 unspecified atom stereocenters. The summed E-state index contributed by atoms with van der Waals surface area (Å²) in [6.07, 6.45) is 5.64. The minimum atomic E-state index is 0.0302. The van der Waals surface area contributed by atoms with Gasteiger partial charge in [0.1, 0.15) is 18.1 Å². The van der Waals surface area contributed by atoms with E-state index >= 15 is 0 Å². The van der Waals surface area contributed by atoms with Gasteiger partial charge in [0.25, 0.3) is 0 Å². The molecular weight excluding hydrogens is 408 g/mol. The molecule has 1 aliphatic rings. The number of ether oxygens (including phenoxy) is 2. The summed E-state index contributed by atoms with van der Waals surface area (Å²) >= 11 is 1.62. The normalized spacial score (nSPS) is 13.4. The Labute approximate surface area is 187 Å². The molecule has 5 nitrogen and oxygen atoms in total. The highest BCUT2D eigenvalue weighted by Gasteiger charge is 2.31. The van der Waals surface area contributed by atoms with Gasteiger partial charge in [0, 0.05) is 24.0 Å². The van der Waals surface area contributed by atoms with E-state index in [1.807, 2.05) is 71.8 Å². The Kier molecular flexibility index (Phi) is 6.67. The zero-order chi connectivity index (χ0) is 21.6. The first kappa shape index (κ1) is 21.1. The number of hydrogen-bond acceptors (Lipinski definition) is 5. The van der Waals surface area contributed by atoms with Crippen molar-refractivity contribution in [3.63, 3.8) is 0 Å². The highest BCUT2D eigenvalue weighted by atomic mass is 32.1. The summed E-state index contributed by atoms with van der Waals surface area (Å²) in [7, 11) is 1.65. The van der Waals surface area contributed by atoms with Gasteiger partial charge in [0.2, 0.25) is 5.91 Å². The van der Waals surface area contributed by atoms with Crippen molar-refractivity contribution in [3.8, 4) is 11.5 Å². The Morgan fingerprint density at radius 1 is 1.19 bits per heavy atom. The van der Waals surface area contributed by atoms with Crippen LogP contribution in [0.2, 0.25) is 0 Å². The first-order chi connectivity index (χ1) is 15.1. The number of aryl methyl sites for hydroxylation is 1. The third-order valence-corrected chi connectivity index (χ3v) is 5.93. The molecule has 1 heterocycles. The first-order valence-corrected chi connectivity index (χ1v) is 11.2. The molecule has 0 radical (unpaired) electrons. The molecule has 0 N–H and O–H groups in total. The zero-order valence-corrected chi connectivity index (χ0v) is 18.6. The zero-order valence-electron chi connectivity index (χ0n) is 17.8. The van der Waals surface area contributed by atoms with E-state index in [0.29, 0.717) is 19.2 Å². The lowest BCUT2D eigenvalue weighted by atomic mass is 10.1. The molecule has 0 spiro atoms. The molecule has 4 rings (SSSR count). The van der Waals surface area contributed by atoms with Crippen LogP contribution in [0.4, 0.5) is 0 Å². The van der Waals surface area contributed by atoms with E-state index in [2.05, 4.69) is 4.98 Å². The Hall–Kier alpha value is -3.12. The van der Waals surface area contributed by atoms with E-state index < -0.39 is 0 Å². The van der Waals surface area contributed by atoms with Gasteiger partial charge < -0.3 is 14.4 Å². The Morgan fingerprint density at radius 3 is 2.68 bits per heavy atom. The van der Waals surface area contributed by atoms with Crippen molar-refractivity contribution in [1.29, 1.82) is 0 Å². The standard InChI is InChI=1S/C25H26N2O3S/c1-18-26-21(17-31-18)16-30-24-5-3-4-19(14-24)8-13-25(28)27(22-9-10-22)15-20-6-11-23(29-2)12-7-20/h3-8,11-14,17,22H,9-10,15-16H2,1-2H3/b13-8+. The molecule has 31 heavy (non-hydrogen) atoms. The van der Waals surface area contributed by atoms with E-state index in [9.17, 15) is 4.79 Å². The Balaban J connectivity index is 1.38. The van der Waals surface area contributed by atoms with E-state index in [4.69, 9.17) is 9.47 Å². The molecule has 0 saturated heterocycles. The van der Waals surface area contributed by atoms with Gasteiger partial charge >= 0.3 is 0 Å². The minimum absolute atomic E-state index is 0.0302. The van der Waals surface area contributed by atoms with Gasteiger partial charge in [-0.25, -0.2) is 4.98 Å². The largest absolute Gasteiger partial charge is 0.497 e. The molecule has 1 fully saturated rings. The molecule has 0 bridgehead atoms. The maximum atomic E-state index is 12.9. The number of amides is 1. The molecule has 1 aliphatic carbocycles. The second-order valence-electron chi connectivity index (χ2n) is 7.60. The average molecular weight is 435 g/mol. The fourth-order valence-electron chi connectivity index (χ4n) is 3.30.